The second-order valence-corrected chi connectivity index (χ2v) is 4.48. The minimum absolute atomic E-state index is 0.215. The van der Waals surface area contributed by atoms with Gasteiger partial charge in [0.2, 0.25) is 5.75 Å². The minimum Gasteiger partial charge on any atom is -0.493 e. The first kappa shape index (κ1) is 15.6. The van der Waals surface area contributed by atoms with Gasteiger partial charge in [-0.15, -0.1) is 0 Å². The number of nitrogens with one attached hydrogen (secondary N) is 1. The smallest absolute Gasteiger partial charge is 0.203 e. The Morgan fingerprint density at radius 1 is 1.11 bits per heavy atom. The number of nitrogens with two attached hydrogens (primary N) is 1. The first-order valence-corrected chi connectivity index (χ1v) is 6.37. The van der Waals surface area contributed by atoms with E-state index in [9.17, 15) is 0 Å². The fourth-order valence-electron chi connectivity index (χ4n) is 1.80. The zero-order valence-electron chi connectivity index (χ0n) is 12.2. The topological polar surface area (TPSA) is 65.7 Å². The fraction of sp³-hybridized carbons (Fsp3) is 0.571. The summed E-state index contributed by atoms with van der Waals surface area (Å²) < 4.78 is 15.9. The number of hydrogen-bond acceptors (Lipinski definition) is 5. The van der Waals surface area contributed by atoms with Gasteiger partial charge in [0.25, 0.3) is 0 Å². The molecule has 1 aromatic carbocycles. The van der Waals surface area contributed by atoms with E-state index in [1.165, 1.54) is 0 Å². The van der Waals surface area contributed by atoms with Crippen LogP contribution >= 0.6 is 0 Å². The van der Waals surface area contributed by atoms with Crippen LogP contribution in [0.2, 0.25) is 0 Å². The Labute approximate surface area is 115 Å². The summed E-state index contributed by atoms with van der Waals surface area (Å²) in [4.78, 5) is 0. The third kappa shape index (κ3) is 4.61. The van der Waals surface area contributed by atoms with Crippen LogP contribution in [-0.2, 0) is 6.54 Å². The molecule has 0 spiro atoms. The van der Waals surface area contributed by atoms with Gasteiger partial charge in [-0.3, -0.25) is 0 Å². The van der Waals surface area contributed by atoms with E-state index in [0.717, 1.165) is 25.1 Å². The van der Waals surface area contributed by atoms with E-state index in [1.54, 1.807) is 21.3 Å². The molecule has 0 amide bonds. The van der Waals surface area contributed by atoms with Crippen molar-refractivity contribution in [2.75, 3.05) is 27.9 Å². The van der Waals surface area contributed by atoms with Crippen LogP contribution in [0.3, 0.4) is 0 Å². The van der Waals surface area contributed by atoms with Crippen LogP contribution in [0.25, 0.3) is 0 Å². The van der Waals surface area contributed by atoms with Crippen molar-refractivity contribution in [2.24, 2.45) is 5.73 Å². The van der Waals surface area contributed by atoms with Crippen molar-refractivity contribution in [3.8, 4) is 17.2 Å². The van der Waals surface area contributed by atoms with Crippen LogP contribution in [0.15, 0.2) is 12.1 Å². The molecule has 0 aliphatic rings. The Bertz CT molecular complexity index is 369. The SMILES string of the molecule is COc1cc(CNCCC(C)N)cc(OC)c1OC. The molecule has 0 aliphatic carbocycles. The van der Waals surface area contributed by atoms with Gasteiger partial charge >= 0.3 is 0 Å². The van der Waals surface area contributed by atoms with E-state index in [2.05, 4.69) is 5.32 Å². The average molecular weight is 268 g/mol. The molecule has 1 rings (SSSR count). The molecule has 0 fully saturated rings. The van der Waals surface area contributed by atoms with Gasteiger partial charge in [0.05, 0.1) is 21.3 Å². The summed E-state index contributed by atoms with van der Waals surface area (Å²) in [6.45, 7) is 3.62. The Kier molecular flexibility index (Phi) is 6.45. The molecule has 108 valence electrons. The Balaban J connectivity index is 2.73. The first-order valence-electron chi connectivity index (χ1n) is 6.37. The molecule has 0 saturated carbocycles. The molecule has 19 heavy (non-hydrogen) atoms. The van der Waals surface area contributed by atoms with E-state index < -0.39 is 0 Å². The summed E-state index contributed by atoms with van der Waals surface area (Å²) in [6, 6.07) is 4.10. The number of hydrogen-bond donors (Lipinski definition) is 2. The normalized spacial score (nSPS) is 12.1. The highest BCUT2D eigenvalue weighted by atomic mass is 16.5. The largest absolute Gasteiger partial charge is 0.493 e. The van der Waals surface area contributed by atoms with Gasteiger partial charge in [-0.05, 0) is 37.6 Å². The van der Waals surface area contributed by atoms with E-state index in [4.69, 9.17) is 19.9 Å². The highest BCUT2D eigenvalue weighted by molar-refractivity contribution is 5.53. The quantitative estimate of drug-likeness (QED) is 0.700. The molecule has 0 radical (unpaired) electrons. The lowest BCUT2D eigenvalue weighted by atomic mass is 10.1. The monoisotopic (exact) mass is 268 g/mol. The maximum absolute atomic E-state index is 5.70. The summed E-state index contributed by atoms with van der Waals surface area (Å²) in [5.41, 5.74) is 6.79. The van der Waals surface area contributed by atoms with Crippen LogP contribution in [0.5, 0.6) is 17.2 Å². The Hall–Kier alpha value is -1.46. The van der Waals surface area contributed by atoms with E-state index in [-0.39, 0.29) is 6.04 Å². The first-order chi connectivity index (χ1) is 9.12. The summed E-state index contributed by atoms with van der Waals surface area (Å²) in [6.07, 6.45) is 0.949. The fourth-order valence-corrected chi connectivity index (χ4v) is 1.80. The Morgan fingerprint density at radius 2 is 1.68 bits per heavy atom. The third-order valence-electron chi connectivity index (χ3n) is 2.83. The van der Waals surface area contributed by atoms with Gasteiger partial charge in [0.1, 0.15) is 0 Å². The molecule has 5 heteroatoms. The molecular formula is C14H24N2O3. The zero-order valence-corrected chi connectivity index (χ0v) is 12.2. The van der Waals surface area contributed by atoms with Gasteiger partial charge in [0, 0.05) is 12.6 Å². The van der Waals surface area contributed by atoms with Crippen molar-refractivity contribution >= 4 is 0 Å². The van der Waals surface area contributed by atoms with Crippen LogP contribution < -0.4 is 25.3 Å². The van der Waals surface area contributed by atoms with Crippen molar-refractivity contribution in [3.63, 3.8) is 0 Å². The second-order valence-electron chi connectivity index (χ2n) is 4.48. The standard InChI is InChI=1S/C14H24N2O3/c1-10(15)5-6-16-9-11-7-12(17-2)14(19-4)13(8-11)18-3/h7-8,10,16H,5-6,9,15H2,1-4H3. The maximum Gasteiger partial charge on any atom is 0.203 e. The molecule has 5 nitrogen and oxygen atoms in total. The predicted octanol–water partition coefficient (Wildman–Crippen LogP) is 1.54. The molecule has 0 aliphatic heterocycles. The van der Waals surface area contributed by atoms with Crippen molar-refractivity contribution in [3.05, 3.63) is 17.7 Å². The van der Waals surface area contributed by atoms with Crippen LogP contribution in [0, 0.1) is 0 Å². The molecule has 0 aromatic heterocycles. The van der Waals surface area contributed by atoms with E-state index >= 15 is 0 Å². The molecule has 1 atom stereocenters. The van der Waals surface area contributed by atoms with Gasteiger partial charge in [-0.1, -0.05) is 0 Å². The maximum atomic E-state index is 5.70. The number of rotatable bonds is 8. The van der Waals surface area contributed by atoms with Crippen molar-refractivity contribution < 1.29 is 14.2 Å². The van der Waals surface area contributed by atoms with Crippen LogP contribution in [-0.4, -0.2) is 33.9 Å². The Morgan fingerprint density at radius 3 is 2.11 bits per heavy atom. The lowest BCUT2D eigenvalue weighted by Crippen LogP contribution is -2.23. The molecule has 0 heterocycles. The highest BCUT2D eigenvalue weighted by Crippen LogP contribution is 2.38. The molecular weight excluding hydrogens is 244 g/mol. The van der Waals surface area contributed by atoms with Crippen LogP contribution in [0.1, 0.15) is 18.9 Å². The van der Waals surface area contributed by atoms with E-state index in [1.807, 2.05) is 19.1 Å². The number of ether oxygens (including phenoxy) is 3. The minimum atomic E-state index is 0.215. The van der Waals surface area contributed by atoms with Crippen molar-refractivity contribution in [2.45, 2.75) is 25.9 Å². The second kappa shape index (κ2) is 7.86. The highest BCUT2D eigenvalue weighted by Gasteiger charge is 2.12. The summed E-state index contributed by atoms with van der Waals surface area (Å²) >= 11 is 0. The zero-order chi connectivity index (χ0) is 14.3. The predicted molar refractivity (Wildman–Crippen MR) is 76.1 cm³/mol. The third-order valence-corrected chi connectivity index (χ3v) is 2.83. The molecule has 0 saturated heterocycles. The van der Waals surface area contributed by atoms with Crippen LogP contribution in [0.4, 0.5) is 0 Å². The van der Waals surface area contributed by atoms with Crippen molar-refractivity contribution in [1.29, 1.82) is 0 Å². The van der Waals surface area contributed by atoms with Gasteiger partial charge < -0.3 is 25.3 Å². The molecule has 1 unspecified atom stereocenters. The number of methoxy groups -OCH3 is 3. The summed E-state index contributed by atoms with van der Waals surface area (Å²) in [7, 11) is 4.83. The lowest BCUT2D eigenvalue weighted by Gasteiger charge is -2.14. The molecule has 3 N–H and O–H groups in total. The summed E-state index contributed by atoms with van der Waals surface area (Å²) in [5, 5.41) is 3.34. The van der Waals surface area contributed by atoms with Gasteiger partial charge in [0.15, 0.2) is 11.5 Å². The molecule has 1 aromatic rings. The van der Waals surface area contributed by atoms with Crippen molar-refractivity contribution in [1.82, 2.24) is 5.32 Å². The van der Waals surface area contributed by atoms with Gasteiger partial charge in [-0.2, -0.15) is 0 Å². The van der Waals surface area contributed by atoms with E-state index in [0.29, 0.717) is 17.2 Å². The van der Waals surface area contributed by atoms with Gasteiger partial charge in [-0.25, -0.2) is 0 Å². The summed E-state index contributed by atoms with van der Waals surface area (Å²) in [5.74, 6) is 1.96. The average Bonchev–Trinajstić information content (AvgIpc) is 2.42. The molecule has 0 bridgehead atoms. The lowest BCUT2D eigenvalue weighted by molar-refractivity contribution is 0.323. The number of benzene rings is 1.